The SMILES string of the molecule is CCCc1cc(=O)n2c(n1)SCC2CC(=O)OCC. The molecule has 1 aromatic rings. The van der Waals surface area contributed by atoms with E-state index in [0.717, 1.165) is 23.7 Å². The maximum atomic E-state index is 12.1. The minimum atomic E-state index is -0.259. The van der Waals surface area contributed by atoms with Gasteiger partial charge in [-0.15, -0.1) is 0 Å². The molecular weight excluding hydrogens is 264 g/mol. The molecule has 0 saturated carbocycles. The zero-order valence-electron chi connectivity index (χ0n) is 11.2. The van der Waals surface area contributed by atoms with Gasteiger partial charge in [0.2, 0.25) is 0 Å². The highest BCUT2D eigenvalue weighted by atomic mass is 32.2. The average molecular weight is 282 g/mol. The second kappa shape index (κ2) is 6.23. The maximum absolute atomic E-state index is 12.1. The topological polar surface area (TPSA) is 61.2 Å². The van der Waals surface area contributed by atoms with Gasteiger partial charge in [0.25, 0.3) is 5.56 Å². The molecule has 2 heterocycles. The van der Waals surface area contributed by atoms with Gasteiger partial charge in [0.05, 0.1) is 19.1 Å². The van der Waals surface area contributed by atoms with Gasteiger partial charge in [-0.25, -0.2) is 4.98 Å². The lowest BCUT2D eigenvalue weighted by molar-refractivity contribution is -0.143. The predicted molar refractivity (Wildman–Crippen MR) is 73.5 cm³/mol. The van der Waals surface area contributed by atoms with Crippen molar-refractivity contribution in [2.75, 3.05) is 12.4 Å². The monoisotopic (exact) mass is 282 g/mol. The van der Waals surface area contributed by atoms with Gasteiger partial charge >= 0.3 is 5.97 Å². The first-order chi connectivity index (χ1) is 9.15. The van der Waals surface area contributed by atoms with Crippen LogP contribution < -0.4 is 5.56 Å². The van der Waals surface area contributed by atoms with Crippen molar-refractivity contribution in [3.05, 3.63) is 22.1 Å². The zero-order chi connectivity index (χ0) is 13.8. The number of nitrogens with zero attached hydrogens (tertiary/aromatic N) is 2. The van der Waals surface area contributed by atoms with Gasteiger partial charge in [-0.3, -0.25) is 14.2 Å². The van der Waals surface area contributed by atoms with E-state index in [1.165, 1.54) is 11.8 Å². The van der Waals surface area contributed by atoms with Crippen LogP contribution in [0.15, 0.2) is 16.0 Å². The molecule has 0 bridgehead atoms. The maximum Gasteiger partial charge on any atom is 0.307 e. The van der Waals surface area contributed by atoms with Crippen LogP contribution in [-0.4, -0.2) is 27.9 Å². The summed E-state index contributed by atoms with van der Waals surface area (Å²) in [6.07, 6.45) is 2.02. The Kier molecular flexibility index (Phi) is 4.63. The number of ether oxygens (including phenoxy) is 1. The largest absolute Gasteiger partial charge is 0.466 e. The van der Waals surface area contributed by atoms with E-state index >= 15 is 0 Å². The van der Waals surface area contributed by atoms with Gasteiger partial charge in [-0.1, -0.05) is 25.1 Å². The molecule has 0 N–H and O–H groups in total. The highest BCUT2D eigenvalue weighted by Gasteiger charge is 2.27. The van der Waals surface area contributed by atoms with Crippen LogP contribution in [0.5, 0.6) is 0 Å². The van der Waals surface area contributed by atoms with Crippen LogP contribution in [0, 0.1) is 0 Å². The quantitative estimate of drug-likeness (QED) is 0.608. The van der Waals surface area contributed by atoms with E-state index in [2.05, 4.69) is 11.9 Å². The Morgan fingerprint density at radius 1 is 1.58 bits per heavy atom. The van der Waals surface area contributed by atoms with Gasteiger partial charge in [0.1, 0.15) is 0 Å². The number of fused-ring (bicyclic) bond motifs is 1. The molecule has 0 saturated heterocycles. The molecule has 2 rings (SSSR count). The summed E-state index contributed by atoms with van der Waals surface area (Å²) >= 11 is 1.53. The Balaban J connectivity index is 2.20. The van der Waals surface area contributed by atoms with E-state index < -0.39 is 0 Å². The predicted octanol–water partition coefficient (Wildman–Crippen LogP) is 1.80. The Bertz CT molecular complexity index is 527. The van der Waals surface area contributed by atoms with Gasteiger partial charge in [0, 0.05) is 17.5 Å². The number of esters is 1. The minimum Gasteiger partial charge on any atom is -0.466 e. The molecule has 0 aromatic carbocycles. The fourth-order valence-electron chi connectivity index (χ4n) is 2.15. The highest BCUT2D eigenvalue weighted by molar-refractivity contribution is 7.99. The third-order valence-electron chi connectivity index (χ3n) is 2.96. The normalized spacial score (nSPS) is 17.3. The van der Waals surface area contributed by atoms with Crippen LogP contribution in [-0.2, 0) is 16.0 Å². The minimum absolute atomic E-state index is 0.0623. The third kappa shape index (κ3) is 3.18. The number of aromatic nitrogens is 2. The van der Waals surface area contributed by atoms with Crippen molar-refractivity contribution in [2.45, 2.75) is 44.3 Å². The van der Waals surface area contributed by atoms with E-state index in [4.69, 9.17) is 4.74 Å². The Morgan fingerprint density at radius 2 is 2.37 bits per heavy atom. The molecule has 5 nitrogen and oxygen atoms in total. The summed E-state index contributed by atoms with van der Waals surface area (Å²) in [6, 6.07) is 1.45. The molecule has 1 aliphatic heterocycles. The van der Waals surface area contributed by atoms with E-state index in [0.29, 0.717) is 12.4 Å². The molecule has 1 unspecified atom stereocenters. The summed E-state index contributed by atoms with van der Waals surface area (Å²) < 4.78 is 6.56. The molecule has 0 fully saturated rings. The first kappa shape index (κ1) is 14.1. The highest BCUT2D eigenvalue weighted by Crippen LogP contribution is 2.32. The van der Waals surface area contributed by atoms with Crippen molar-refractivity contribution >= 4 is 17.7 Å². The molecular formula is C13H18N2O3S. The summed E-state index contributed by atoms with van der Waals surface area (Å²) in [7, 11) is 0. The Morgan fingerprint density at radius 3 is 3.05 bits per heavy atom. The lowest BCUT2D eigenvalue weighted by Crippen LogP contribution is -2.26. The number of carbonyl (C=O) groups excluding carboxylic acids is 1. The number of thioether (sulfide) groups is 1. The number of aryl methyl sites for hydroxylation is 1. The first-order valence-corrected chi connectivity index (χ1v) is 7.55. The van der Waals surface area contributed by atoms with Crippen LogP contribution in [0.1, 0.15) is 38.4 Å². The van der Waals surface area contributed by atoms with Crippen molar-refractivity contribution in [3.63, 3.8) is 0 Å². The van der Waals surface area contributed by atoms with Crippen molar-refractivity contribution in [2.24, 2.45) is 0 Å². The van der Waals surface area contributed by atoms with E-state index in [1.54, 1.807) is 17.6 Å². The second-order valence-electron chi connectivity index (χ2n) is 4.46. The van der Waals surface area contributed by atoms with Crippen molar-refractivity contribution in [1.82, 2.24) is 9.55 Å². The average Bonchev–Trinajstić information content (AvgIpc) is 2.73. The summed E-state index contributed by atoms with van der Waals surface area (Å²) in [4.78, 5) is 28.1. The summed E-state index contributed by atoms with van der Waals surface area (Å²) in [5.74, 6) is 0.446. The van der Waals surface area contributed by atoms with Crippen molar-refractivity contribution in [3.8, 4) is 0 Å². The van der Waals surface area contributed by atoms with Crippen molar-refractivity contribution < 1.29 is 9.53 Å². The summed E-state index contributed by atoms with van der Waals surface area (Å²) in [5.41, 5.74) is 0.774. The molecule has 19 heavy (non-hydrogen) atoms. The molecule has 6 heteroatoms. The first-order valence-electron chi connectivity index (χ1n) is 6.56. The number of hydrogen-bond acceptors (Lipinski definition) is 5. The van der Waals surface area contributed by atoms with E-state index in [1.807, 2.05) is 0 Å². The van der Waals surface area contributed by atoms with Crippen LogP contribution >= 0.6 is 11.8 Å². The van der Waals surface area contributed by atoms with Crippen LogP contribution in [0.25, 0.3) is 0 Å². The van der Waals surface area contributed by atoms with Gasteiger partial charge < -0.3 is 4.74 Å². The number of rotatable bonds is 5. The second-order valence-corrected chi connectivity index (χ2v) is 5.45. The van der Waals surface area contributed by atoms with Crippen molar-refractivity contribution in [1.29, 1.82) is 0 Å². The smallest absolute Gasteiger partial charge is 0.307 e. The Hall–Kier alpha value is -1.30. The standard InChI is InChI=1S/C13H18N2O3S/c1-3-5-9-6-11(16)15-10(7-12(17)18-4-2)8-19-13(15)14-9/h6,10H,3-5,7-8H2,1-2H3. The zero-order valence-corrected chi connectivity index (χ0v) is 12.0. The molecule has 1 atom stereocenters. The Labute approximate surface area is 116 Å². The third-order valence-corrected chi connectivity index (χ3v) is 4.05. The summed E-state index contributed by atoms with van der Waals surface area (Å²) in [5, 5.41) is 0.727. The summed E-state index contributed by atoms with van der Waals surface area (Å²) in [6.45, 7) is 4.21. The van der Waals surface area contributed by atoms with Crippen LogP contribution in [0.4, 0.5) is 0 Å². The molecule has 0 amide bonds. The molecule has 1 aliphatic rings. The number of hydrogen-bond donors (Lipinski definition) is 0. The van der Waals surface area contributed by atoms with Gasteiger partial charge in [-0.2, -0.15) is 0 Å². The lowest BCUT2D eigenvalue weighted by atomic mass is 10.2. The molecule has 0 aliphatic carbocycles. The van der Waals surface area contributed by atoms with Gasteiger partial charge in [-0.05, 0) is 13.3 Å². The van der Waals surface area contributed by atoms with Crippen LogP contribution in [0.3, 0.4) is 0 Å². The molecule has 104 valence electrons. The number of carbonyl (C=O) groups is 1. The lowest BCUT2D eigenvalue weighted by Gasteiger charge is -2.12. The van der Waals surface area contributed by atoms with Gasteiger partial charge in [0.15, 0.2) is 5.16 Å². The molecule has 0 spiro atoms. The van der Waals surface area contributed by atoms with Crippen LogP contribution in [0.2, 0.25) is 0 Å². The molecule has 1 aromatic heterocycles. The van der Waals surface area contributed by atoms with E-state index in [9.17, 15) is 9.59 Å². The molecule has 0 radical (unpaired) electrons. The fraction of sp³-hybridized carbons (Fsp3) is 0.615. The van der Waals surface area contributed by atoms with E-state index in [-0.39, 0.29) is 24.0 Å². The fourth-order valence-corrected chi connectivity index (χ4v) is 3.31.